The third kappa shape index (κ3) is 4.11. The SMILES string of the molecule is COCCOC(=O)c1cc(-c2c(Cl)c(C(F)(F)F)n(C)c2Cl)ccc1Cl. The Bertz CT molecular complexity index is 834. The van der Waals surface area contributed by atoms with E-state index in [1.165, 1.54) is 25.3 Å². The molecule has 2 rings (SSSR count). The second-order valence-electron chi connectivity index (χ2n) is 5.21. The van der Waals surface area contributed by atoms with Gasteiger partial charge in [-0.2, -0.15) is 13.2 Å². The molecule has 2 aromatic rings. The molecule has 0 N–H and O–H groups in total. The molecular weight excluding hydrogens is 418 g/mol. The summed E-state index contributed by atoms with van der Waals surface area (Å²) in [6, 6.07) is 4.06. The van der Waals surface area contributed by atoms with Crippen LogP contribution < -0.4 is 0 Å². The van der Waals surface area contributed by atoms with Crippen molar-refractivity contribution in [2.75, 3.05) is 20.3 Å². The highest BCUT2D eigenvalue weighted by molar-refractivity contribution is 6.40. The molecule has 1 heterocycles. The van der Waals surface area contributed by atoms with Gasteiger partial charge in [-0.15, -0.1) is 0 Å². The van der Waals surface area contributed by atoms with Crippen LogP contribution in [-0.2, 0) is 22.7 Å². The molecule has 4 nitrogen and oxygen atoms in total. The standard InChI is InChI=1S/C16H13Cl3F3NO3/c1-23-13(16(20,21)22)12(18)11(14(23)19)8-3-4-10(17)9(7-8)15(24)26-6-5-25-2/h3-4,7H,5-6H2,1-2H3. The molecule has 1 aromatic carbocycles. The van der Waals surface area contributed by atoms with Gasteiger partial charge in [-0.3, -0.25) is 0 Å². The molecule has 0 aliphatic rings. The van der Waals surface area contributed by atoms with Gasteiger partial charge in [-0.25, -0.2) is 4.79 Å². The number of hydrogen-bond acceptors (Lipinski definition) is 3. The van der Waals surface area contributed by atoms with Gasteiger partial charge in [0.2, 0.25) is 0 Å². The van der Waals surface area contributed by atoms with E-state index in [1.807, 2.05) is 0 Å². The van der Waals surface area contributed by atoms with Crippen LogP contribution >= 0.6 is 34.8 Å². The lowest BCUT2D eigenvalue weighted by Gasteiger charge is -2.09. The zero-order valence-electron chi connectivity index (χ0n) is 13.6. The van der Waals surface area contributed by atoms with E-state index in [4.69, 9.17) is 44.3 Å². The van der Waals surface area contributed by atoms with Crippen LogP contribution in [0.15, 0.2) is 18.2 Å². The summed E-state index contributed by atoms with van der Waals surface area (Å²) >= 11 is 18.0. The van der Waals surface area contributed by atoms with Gasteiger partial charge < -0.3 is 14.0 Å². The maximum absolute atomic E-state index is 13.2. The third-order valence-electron chi connectivity index (χ3n) is 3.53. The monoisotopic (exact) mass is 429 g/mol. The van der Waals surface area contributed by atoms with Gasteiger partial charge >= 0.3 is 12.1 Å². The second-order valence-corrected chi connectivity index (χ2v) is 6.35. The predicted octanol–water partition coefficient (Wildman–Crippen LogP) is 5.47. The molecule has 26 heavy (non-hydrogen) atoms. The van der Waals surface area contributed by atoms with E-state index in [9.17, 15) is 18.0 Å². The molecular formula is C16H13Cl3F3NO3. The number of rotatable bonds is 5. The van der Waals surface area contributed by atoms with Crippen LogP contribution in [0.5, 0.6) is 0 Å². The first-order chi connectivity index (χ1) is 12.1. The smallest absolute Gasteiger partial charge is 0.432 e. The highest BCUT2D eigenvalue weighted by Gasteiger charge is 2.39. The number of benzene rings is 1. The van der Waals surface area contributed by atoms with Crippen LogP contribution in [0.4, 0.5) is 13.2 Å². The molecule has 0 fully saturated rings. The van der Waals surface area contributed by atoms with Crippen molar-refractivity contribution in [3.63, 3.8) is 0 Å². The van der Waals surface area contributed by atoms with Gasteiger partial charge in [0.15, 0.2) is 0 Å². The van der Waals surface area contributed by atoms with E-state index in [0.717, 1.165) is 11.6 Å². The molecule has 142 valence electrons. The summed E-state index contributed by atoms with van der Waals surface area (Å²) < 4.78 is 50.1. The Balaban J connectivity index is 2.51. The number of esters is 1. The normalized spacial score (nSPS) is 11.7. The number of carbonyl (C=O) groups excluding carboxylic acids is 1. The molecule has 0 aliphatic carbocycles. The van der Waals surface area contributed by atoms with Crippen molar-refractivity contribution in [3.05, 3.63) is 44.7 Å². The first kappa shape index (κ1) is 20.9. The summed E-state index contributed by atoms with van der Waals surface area (Å²) in [5.41, 5.74) is -0.955. The fraction of sp³-hybridized carbons (Fsp3) is 0.312. The van der Waals surface area contributed by atoms with Crippen molar-refractivity contribution in [2.24, 2.45) is 7.05 Å². The largest absolute Gasteiger partial charge is 0.460 e. The first-order valence-electron chi connectivity index (χ1n) is 7.16. The maximum atomic E-state index is 13.2. The zero-order valence-corrected chi connectivity index (χ0v) is 15.9. The molecule has 0 amide bonds. The minimum Gasteiger partial charge on any atom is -0.460 e. The molecule has 0 saturated carbocycles. The number of alkyl halides is 3. The summed E-state index contributed by atoms with van der Waals surface area (Å²) in [4.78, 5) is 12.1. The van der Waals surface area contributed by atoms with Crippen molar-refractivity contribution < 1.29 is 27.4 Å². The van der Waals surface area contributed by atoms with Crippen LogP contribution in [0.2, 0.25) is 15.2 Å². The first-order valence-corrected chi connectivity index (χ1v) is 8.29. The van der Waals surface area contributed by atoms with Gasteiger partial charge in [0.1, 0.15) is 17.5 Å². The number of aromatic nitrogens is 1. The van der Waals surface area contributed by atoms with Gasteiger partial charge in [-0.1, -0.05) is 40.9 Å². The number of ether oxygens (including phenoxy) is 2. The van der Waals surface area contributed by atoms with Crippen molar-refractivity contribution in [3.8, 4) is 11.1 Å². The van der Waals surface area contributed by atoms with Crippen LogP contribution in [0.1, 0.15) is 16.1 Å². The Kier molecular flexibility index (Phi) is 6.50. The number of methoxy groups -OCH3 is 1. The van der Waals surface area contributed by atoms with E-state index in [2.05, 4.69) is 0 Å². The van der Waals surface area contributed by atoms with Crippen molar-refractivity contribution in [1.29, 1.82) is 0 Å². The molecule has 0 atom stereocenters. The minimum atomic E-state index is -4.69. The summed E-state index contributed by atoms with van der Waals surface area (Å²) in [5.74, 6) is -0.742. The Labute approximate surface area is 162 Å². The average Bonchev–Trinajstić information content (AvgIpc) is 2.77. The third-order valence-corrected chi connectivity index (χ3v) is 4.67. The summed E-state index contributed by atoms with van der Waals surface area (Å²) in [7, 11) is 2.59. The Morgan fingerprint density at radius 1 is 1.19 bits per heavy atom. The molecule has 0 unspecified atom stereocenters. The van der Waals surface area contributed by atoms with Gasteiger partial charge in [0, 0.05) is 19.7 Å². The van der Waals surface area contributed by atoms with Crippen LogP contribution in [0.25, 0.3) is 11.1 Å². The second kappa shape index (κ2) is 8.08. The predicted molar refractivity (Wildman–Crippen MR) is 93.0 cm³/mol. The Hall–Kier alpha value is -1.41. The van der Waals surface area contributed by atoms with E-state index >= 15 is 0 Å². The molecule has 0 saturated heterocycles. The lowest BCUT2D eigenvalue weighted by atomic mass is 10.1. The zero-order chi connectivity index (χ0) is 19.6. The topological polar surface area (TPSA) is 40.5 Å². The Morgan fingerprint density at radius 2 is 1.85 bits per heavy atom. The number of halogens is 6. The number of nitrogens with zero attached hydrogens (tertiary/aromatic N) is 1. The maximum Gasteiger partial charge on any atom is 0.432 e. The fourth-order valence-corrected chi connectivity index (χ4v) is 3.28. The van der Waals surface area contributed by atoms with Gasteiger partial charge in [0.05, 0.1) is 22.2 Å². The summed E-state index contributed by atoms with van der Waals surface area (Å²) in [5, 5.41) is -0.704. The molecule has 0 aliphatic heterocycles. The molecule has 0 radical (unpaired) electrons. The van der Waals surface area contributed by atoms with Crippen molar-refractivity contribution in [2.45, 2.75) is 6.18 Å². The van der Waals surface area contributed by atoms with E-state index in [-0.39, 0.29) is 40.1 Å². The van der Waals surface area contributed by atoms with E-state index < -0.39 is 22.9 Å². The minimum absolute atomic E-state index is 0.000953. The van der Waals surface area contributed by atoms with Gasteiger partial charge in [0.25, 0.3) is 0 Å². The fourth-order valence-electron chi connectivity index (χ4n) is 2.32. The highest BCUT2D eigenvalue weighted by Crippen LogP contribution is 2.45. The lowest BCUT2D eigenvalue weighted by Crippen LogP contribution is -2.11. The summed E-state index contributed by atoms with van der Waals surface area (Å²) in [6.07, 6.45) is -4.69. The van der Waals surface area contributed by atoms with E-state index in [1.54, 1.807) is 0 Å². The van der Waals surface area contributed by atoms with Gasteiger partial charge in [-0.05, 0) is 17.7 Å². The average molecular weight is 431 g/mol. The van der Waals surface area contributed by atoms with Crippen LogP contribution in [0, 0.1) is 0 Å². The van der Waals surface area contributed by atoms with Crippen LogP contribution in [-0.4, -0.2) is 30.9 Å². The molecule has 10 heteroatoms. The molecule has 0 bridgehead atoms. The van der Waals surface area contributed by atoms with Crippen molar-refractivity contribution >= 4 is 40.8 Å². The Morgan fingerprint density at radius 3 is 2.38 bits per heavy atom. The van der Waals surface area contributed by atoms with Crippen molar-refractivity contribution in [1.82, 2.24) is 4.57 Å². The number of carbonyl (C=O) groups is 1. The van der Waals surface area contributed by atoms with Crippen LogP contribution in [0.3, 0.4) is 0 Å². The highest BCUT2D eigenvalue weighted by atomic mass is 35.5. The number of hydrogen-bond donors (Lipinski definition) is 0. The molecule has 0 spiro atoms. The quantitative estimate of drug-likeness (QED) is 0.466. The lowest BCUT2D eigenvalue weighted by molar-refractivity contribution is -0.142. The summed E-state index contributed by atoms with van der Waals surface area (Å²) in [6.45, 7) is 0.190. The van der Waals surface area contributed by atoms with E-state index in [0.29, 0.717) is 0 Å². The molecule has 1 aromatic heterocycles.